The Labute approximate surface area is 173 Å². The molecule has 6 nitrogen and oxygen atoms in total. The summed E-state index contributed by atoms with van der Waals surface area (Å²) in [5.41, 5.74) is 5.92. The van der Waals surface area contributed by atoms with Crippen molar-refractivity contribution in [2.24, 2.45) is 11.8 Å². The van der Waals surface area contributed by atoms with Gasteiger partial charge in [-0.2, -0.15) is 0 Å². The molecule has 3 unspecified atom stereocenters. The highest BCUT2D eigenvalue weighted by atomic mass is 79.9. The monoisotopic (exact) mass is 442 g/mol. The molecule has 2 amide bonds. The second-order valence-electron chi connectivity index (χ2n) is 7.55. The summed E-state index contributed by atoms with van der Waals surface area (Å²) in [5, 5.41) is 4.62. The Morgan fingerprint density at radius 1 is 1.18 bits per heavy atom. The summed E-state index contributed by atoms with van der Waals surface area (Å²) < 4.78 is 1.00. The smallest absolute Gasteiger partial charge is 0.247 e. The van der Waals surface area contributed by atoms with Crippen molar-refractivity contribution in [1.29, 1.82) is 0 Å². The van der Waals surface area contributed by atoms with Gasteiger partial charge in [-0.05, 0) is 49.9 Å². The highest BCUT2D eigenvalue weighted by molar-refractivity contribution is 9.10. The third-order valence-electron chi connectivity index (χ3n) is 5.48. The van der Waals surface area contributed by atoms with Crippen LogP contribution in [0.1, 0.15) is 5.56 Å². The van der Waals surface area contributed by atoms with Gasteiger partial charge in [-0.3, -0.25) is 9.59 Å². The number of aryl methyl sites for hydroxylation is 1. The molecule has 0 radical (unpaired) electrons. The third kappa shape index (κ3) is 3.57. The van der Waals surface area contributed by atoms with Crippen LogP contribution in [0.4, 0.5) is 11.4 Å². The van der Waals surface area contributed by atoms with Gasteiger partial charge in [-0.1, -0.05) is 34.1 Å². The highest BCUT2D eigenvalue weighted by Crippen LogP contribution is 2.32. The predicted octanol–water partition coefficient (Wildman–Crippen LogP) is 2.79. The van der Waals surface area contributed by atoms with E-state index in [1.807, 2.05) is 62.5 Å². The minimum Gasteiger partial charge on any atom is -0.326 e. The van der Waals surface area contributed by atoms with Gasteiger partial charge < -0.3 is 10.2 Å². The zero-order valence-electron chi connectivity index (χ0n) is 15.9. The minimum atomic E-state index is -0.328. The second-order valence-corrected chi connectivity index (χ2v) is 8.41. The lowest BCUT2D eigenvalue weighted by atomic mass is 9.84. The van der Waals surface area contributed by atoms with Crippen LogP contribution >= 0.6 is 15.9 Å². The molecule has 2 N–H and O–H groups in total. The molecule has 146 valence electrons. The lowest BCUT2D eigenvalue weighted by molar-refractivity contribution is -0.125. The number of rotatable bonds is 3. The van der Waals surface area contributed by atoms with E-state index in [4.69, 9.17) is 0 Å². The number of para-hydroxylation sites is 1. The standard InChI is InChI=1S/C21H23BrN4O2/c1-13-10-14(8-9-18(13)22)23-20(27)16-11-25(2)12-17-19(16)24-26(21(17)28)15-6-4-3-5-7-15/h3-10,16-17,19,24H,11-12H2,1-2H3,(H,23,27). The Morgan fingerprint density at radius 3 is 2.64 bits per heavy atom. The number of fused-ring (bicyclic) bond motifs is 1. The average Bonchev–Trinajstić information content (AvgIpc) is 3.01. The van der Waals surface area contributed by atoms with E-state index in [0.29, 0.717) is 13.1 Å². The molecule has 2 aliphatic rings. The van der Waals surface area contributed by atoms with E-state index >= 15 is 0 Å². The maximum Gasteiger partial charge on any atom is 0.247 e. The first-order valence-electron chi connectivity index (χ1n) is 9.35. The number of carbonyl (C=O) groups excluding carboxylic acids is 2. The normalized spacial score (nSPS) is 24.9. The van der Waals surface area contributed by atoms with Crippen LogP contribution in [0, 0.1) is 18.8 Å². The van der Waals surface area contributed by atoms with Crippen molar-refractivity contribution in [2.45, 2.75) is 13.0 Å². The largest absolute Gasteiger partial charge is 0.326 e. The van der Waals surface area contributed by atoms with Gasteiger partial charge in [0.05, 0.1) is 23.6 Å². The quantitative estimate of drug-likeness (QED) is 0.766. The van der Waals surface area contributed by atoms with Crippen molar-refractivity contribution in [3.63, 3.8) is 0 Å². The van der Waals surface area contributed by atoms with Crippen LogP contribution in [-0.2, 0) is 9.59 Å². The molecule has 28 heavy (non-hydrogen) atoms. The van der Waals surface area contributed by atoms with Gasteiger partial charge >= 0.3 is 0 Å². The first-order valence-corrected chi connectivity index (χ1v) is 10.1. The lowest BCUT2D eigenvalue weighted by Crippen LogP contribution is -2.55. The Hall–Kier alpha value is -2.22. The van der Waals surface area contributed by atoms with Crippen molar-refractivity contribution in [3.05, 3.63) is 58.6 Å². The summed E-state index contributed by atoms with van der Waals surface area (Å²) in [6, 6.07) is 15.0. The summed E-state index contributed by atoms with van der Waals surface area (Å²) >= 11 is 3.48. The predicted molar refractivity (Wildman–Crippen MR) is 113 cm³/mol. The van der Waals surface area contributed by atoms with Gasteiger partial charge in [0.15, 0.2) is 0 Å². The number of hydrazine groups is 1. The van der Waals surface area contributed by atoms with Gasteiger partial charge in [0.1, 0.15) is 0 Å². The zero-order valence-corrected chi connectivity index (χ0v) is 17.4. The van der Waals surface area contributed by atoms with E-state index in [0.717, 1.165) is 21.4 Å². The van der Waals surface area contributed by atoms with Crippen LogP contribution in [0.2, 0.25) is 0 Å². The van der Waals surface area contributed by atoms with E-state index < -0.39 is 0 Å². The Kier molecular flexibility index (Phi) is 5.23. The molecule has 2 heterocycles. The molecule has 4 rings (SSSR count). The Bertz CT molecular complexity index is 905. The van der Waals surface area contributed by atoms with Crippen LogP contribution in [-0.4, -0.2) is 42.9 Å². The number of halogens is 1. The van der Waals surface area contributed by atoms with E-state index in [9.17, 15) is 9.59 Å². The van der Waals surface area contributed by atoms with Crippen molar-refractivity contribution in [2.75, 3.05) is 30.5 Å². The molecule has 2 saturated heterocycles. The molecular weight excluding hydrogens is 420 g/mol. The molecule has 2 aromatic carbocycles. The van der Waals surface area contributed by atoms with E-state index in [2.05, 4.69) is 31.6 Å². The molecule has 0 spiro atoms. The maximum atomic E-state index is 13.1. The summed E-state index contributed by atoms with van der Waals surface area (Å²) in [6.07, 6.45) is 0. The number of anilines is 2. The molecule has 3 atom stereocenters. The third-order valence-corrected chi connectivity index (χ3v) is 6.37. The van der Waals surface area contributed by atoms with Crippen LogP contribution in [0.5, 0.6) is 0 Å². The minimum absolute atomic E-state index is 0.0139. The van der Waals surface area contributed by atoms with Gasteiger partial charge in [-0.25, -0.2) is 10.4 Å². The van der Waals surface area contributed by atoms with Crippen LogP contribution in [0.15, 0.2) is 53.0 Å². The number of piperidine rings is 1. The van der Waals surface area contributed by atoms with Crippen molar-refractivity contribution >= 4 is 39.1 Å². The number of nitrogens with one attached hydrogen (secondary N) is 2. The average molecular weight is 443 g/mol. The highest BCUT2D eigenvalue weighted by Gasteiger charge is 2.50. The number of hydrogen-bond donors (Lipinski definition) is 2. The van der Waals surface area contributed by atoms with E-state index in [-0.39, 0.29) is 29.7 Å². The van der Waals surface area contributed by atoms with Crippen molar-refractivity contribution in [3.8, 4) is 0 Å². The molecule has 0 bridgehead atoms. The molecule has 7 heteroatoms. The SMILES string of the molecule is Cc1cc(NC(=O)C2CN(C)CC3C(=O)N(c4ccccc4)NC23)ccc1Br. The molecule has 2 aliphatic heterocycles. The van der Waals surface area contributed by atoms with Crippen LogP contribution in [0.25, 0.3) is 0 Å². The van der Waals surface area contributed by atoms with Gasteiger partial charge in [0.25, 0.3) is 0 Å². The second kappa shape index (κ2) is 7.66. The molecule has 0 aromatic heterocycles. The first kappa shape index (κ1) is 19.1. The first-order chi connectivity index (χ1) is 13.4. The van der Waals surface area contributed by atoms with Crippen LogP contribution < -0.4 is 15.8 Å². The van der Waals surface area contributed by atoms with E-state index in [1.54, 1.807) is 5.01 Å². The van der Waals surface area contributed by atoms with Gasteiger partial charge in [0.2, 0.25) is 11.8 Å². The van der Waals surface area contributed by atoms with Gasteiger partial charge in [-0.15, -0.1) is 0 Å². The fourth-order valence-corrected chi connectivity index (χ4v) is 4.27. The fourth-order valence-electron chi connectivity index (χ4n) is 4.03. The van der Waals surface area contributed by atoms with E-state index in [1.165, 1.54) is 0 Å². The molecule has 2 fully saturated rings. The summed E-state index contributed by atoms with van der Waals surface area (Å²) in [5.74, 6) is -0.634. The van der Waals surface area contributed by atoms with Crippen molar-refractivity contribution < 1.29 is 9.59 Å². The molecule has 0 saturated carbocycles. The van der Waals surface area contributed by atoms with Crippen LogP contribution in [0.3, 0.4) is 0 Å². The fraction of sp³-hybridized carbons (Fsp3) is 0.333. The lowest BCUT2D eigenvalue weighted by Gasteiger charge is -2.36. The van der Waals surface area contributed by atoms with Gasteiger partial charge in [0, 0.05) is 23.2 Å². The summed E-state index contributed by atoms with van der Waals surface area (Å²) in [6.45, 7) is 3.23. The number of benzene rings is 2. The number of likely N-dealkylation sites (tertiary alicyclic amines) is 1. The maximum absolute atomic E-state index is 13.1. The van der Waals surface area contributed by atoms with Crippen molar-refractivity contribution in [1.82, 2.24) is 10.3 Å². The number of nitrogens with zero attached hydrogens (tertiary/aromatic N) is 2. The topological polar surface area (TPSA) is 64.7 Å². The number of hydrogen-bond acceptors (Lipinski definition) is 4. The molecule has 0 aliphatic carbocycles. The summed E-state index contributed by atoms with van der Waals surface area (Å²) in [7, 11) is 1.96. The summed E-state index contributed by atoms with van der Waals surface area (Å²) in [4.78, 5) is 28.1. The Morgan fingerprint density at radius 2 is 1.93 bits per heavy atom. The zero-order chi connectivity index (χ0) is 19.8. The Balaban J connectivity index is 1.56. The number of amides is 2. The number of carbonyl (C=O) groups is 2. The molecule has 2 aromatic rings. The molecular formula is C21H23BrN4O2.